The highest BCUT2D eigenvalue weighted by Crippen LogP contribution is 2.37. The fourth-order valence-corrected chi connectivity index (χ4v) is 3.65. The van der Waals surface area contributed by atoms with Crippen molar-refractivity contribution in [3.63, 3.8) is 0 Å². The minimum Gasteiger partial charge on any atom is -0.486 e. The van der Waals surface area contributed by atoms with Crippen LogP contribution < -0.4 is 10.1 Å². The summed E-state index contributed by atoms with van der Waals surface area (Å²) in [6, 6.07) is 6.10. The van der Waals surface area contributed by atoms with Crippen LogP contribution >= 0.6 is 15.9 Å². The van der Waals surface area contributed by atoms with Gasteiger partial charge in [-0.1, -0.05) is 36.7 Å². The summed E-state index contributed by atoms with van der Waals surface area (Å²) in [5, 5.41) is 3.73. The predicted molar refractivity (Wildman–Crippen MR) is 99.4 cm³/mol. The molecule has 0 saturated heterocycles. The summed E-state index contributed by atoms with van der Waals surface area (Å²) in [7, 11) is -1.62. The van der Waals surface area contributed by atoms with Gasteiger partial charge in [-0.3, -0.25) is 0 Å². The molecule has 2 rings (SSSR count). The van der Waals surface area contributed by atoms with Gasteiger partial charge in [0.15, 0.2) is 8.32 Å². The van der Waals surface area contributed by atoms with Crippen molar-refractivity contribution in [1.82, 2.24) is 0 Å². The number of benzene rings is 1. The van der Waals surface area contributed by atoms with Crippen molar-refractivity contribution in [1.29, 1.82) is 0 Å². The van der Waals surface area contributed by atoms with E-state index in [4.69, 9.17) is 9.16 Å². The molecule has 0 aliphatic carbocycles. The summed E-state index contributed by atoms with van der Waals surface area (Å²) in [6.07, 6.45) is 2.30. The quantitative estimate of drug-likeness (QED) is 0.541. The second-order valence-electron chi connectivity index (χ2n) is 7.51. The lowest BCUT2D eigenvalue weighted by Crippen LogP contribution is -2.41. The lowest BCUT2D eigenvalue weighted by atomic mass is 10.1. The summed E-state index contributed by atoms with van der Waals surface area (Å²) in [6.45, 7) is 13.2. The van der Waals surface area contributed by atoms with E-state index < -0.39 is 8.32 Å². The average molecular weight is 386 g/mol. The smallest absolute Gasteiger partial charge is 0.191 e. The van der Waals surface area contributed by atoms with E-state index in [1.54, 1.807) is 0 Å². The summed E-state index contributed by atoms with van der Waals surface area (Å²) in [5.41, 5.74) is 1.07. The molecule has 1 N–H and O–H groups in total. The van der Waals surface area contributed by atoms with Gasteiger partial charge in [0.1, 0.15) is 11.9 Å². The van der Waals surface area contributed by atoms with Crippen molar-refractivity contribution in [3.8, 4) is 5.75 Å². The lowest BCUT2D eigenvalue weighted by Gasteiger charge is -2.36. The molecule has 1 heterocycles. The summed E-state index contributed by atoms with van der Waals surface area (Å²) in [5.74, 6) is 0.949. The Hall–Kier alpha value is -0.523. The van der Waals surface area contributed by atoms with E-state index in [0.29, 0.717) is 0 Å². The average Bonchev–Trinajstić information content (AvgIpc) is 2.42. The largest absolute Gasteiger partial charge is 0.486 e. The minimum absolute atomic E-state index is 0.233. The Morgan fingerprint density at radius 3 is 2.77 bits per heavy atom. The van der Waals surface area contributed by atoms with E-state index in [0.717, 1.165) is 41.9 Å². The molecule has 3 nitrogen and oxygen atoms in total. The number of halogens is 1. The molecule has 0 aromatic heterocycles. The topological polar surface area (TPSA) is 30.5 Å². The molecule has 1 aliphatic heterocycles. The Bertz CT molecular complexity index is 514. The van der Waals surface area contributed by atoms with E-state index in [1.807, 2.05) is 12.1 Å². The molecule has 0 radical (unpaired) electrons. The monoisotopic (exact) mass is 385 g/mol. The van der Waals surface area contributed by atoms with Crippen LogP contribution in [0.1, 0.15) is 33.6 Å². The number of fused-ring (bicyclic) bond motifs is 1. The van der Waals surface area contributed by atoms with Gasteiger partial charge in [0, 0.05) is 11.1 Å². The Kier molecular flexibility index (Phi) is 5.62. The third kappa shape index (κ3) is 4.49. The maximum absolute atomic E-state index is 6.23. The van der Waals surface area contributed by atoms with Crippen molar-refractivity contribution in [2.24, 2.45) is 0 Å². The number of anilines is 1. The zero-order valence-corrected chi connectivity index (χ0v) is 16.9. The third-order valence-corrected chi connectivity index (χ3v) is 9.73. The SMILES string of the molecule is CC(C)(C)[Si](C)(C)OCCCC1CNc2cc(Br)ccc2O1. The first-order valence-corrected chi connectivity index (χ1v) is 11.7. The van der Waals surface area contributed by atoms with Crippen molar-refractivity contribution >= 4 is 29.9 Å². The van der Waals surface area contributed by atoms with Crippen LogP contribution in [0.5, 0.6) is 5.75 Å². The van der Waals surface area contributed by atoms with Gasteiger partial charge < -0.3 is 14.5 Å². The molecule has 1 atom stereocenters. The highest BCUT2D eigenvalue weighted by Gasteiger charge is 2.36. The Balaban J connectivity index is 1.76. The molecule has 22 heavy (non-hydrogen) atoms. The first-order chi connectivity index (χ1) is 10.2. The standard InChI is InChI=1S/C17H28BrNO2Si/c1-17(2,3)22(4,5)20-10-6-7-14-12-19-15-11-13(18)8-9-16(15)21-14/h8-9,11,14,19H,6-7,10,12H2,1-5H3. The van der Waals surface area contributed by atoms with Gasteiger partial charge in [-0.25, -0.2) is 0 Å². The Morgan fingerprint density at radius 1 is 1.36 bits per heavy atom. The highest BCUT2D eigenvalue weighted by atomic mass is 79.9. The van der Waals surface area contributed by atoms with Gasteiger partial charge in [-0.05, 0) is 49.2 Å². The summed E-state index contributed by atoms with van der Waals surface area (Å²) >= 11 is 3.48. The van der Waals surface area contributed by atoms with Gasteiger partial charge >= 0.3 is 0 Å². The van der Waals surface area contributed by atoms with Crippen LogP contribution in [0.4, 0.5) is 5.69 Å². The second-order valence-corrected chi connectivity index (χ2v) is 13.2. The molecule has 0 spiro atoms. The van der Waals surface area contributed by atoms with Gasteiger partial charge in [0.2, 0.25) is 0 Å². The summed E-state index contributed by atoms with van der Waals surface area (Å²) in [4.78, 5) is 0. The highest BCUT2D eigenvalue weighted by molar-refractivity contribution is 9.10. The number of rotatable bonds is 5. The van der Waals surface area contributed by atoms with Crippen LogP contribution in [0.2, 0.25) is 18.1 Å². The zero-order valence-electron chi connectivity index (χ0n) is 14.3. The lowest BCUT2D eigenvalue weighted by molar-refractivity contribution is 0.178. The van der Waals surface area contributed by atoms with E-state index in [1.165, 1.54) is 0 Å². The molecule has 1 aromatic carbocycles. The maximum atomic E-state index is 6.23. The molecule has 0 bridgehead atoms. The zero-order chi connectivity index (χ0) is 16.4. The van der Waals surface area contributed by atoms with Crippen LogP contribution in [-0.4, -0.2) is 27.6 Å². The number of hydrogen-bond donors (Lipinski definition) is 1. The number of nitrogens with one attached hydrogen (secondary N) is 1. The molecular formula is C17H28BrNO2Si. The van der Waals surface area contributed by atoms with E-state index in [-0.39, 0.29) is 11.1 Å². The predicted octanol–water partition coefficient (Wildman–Crippen LogP) is 5.42. The fraction of sp³-hybridized carbons (Fsp3) is 0.647. The van der Waals surface area contributed by atoms with Crippen molar-refractivity contribution in [2.75, 3.05) is 18.5 Å². The third-order valence-electron chi connectivity index (χ3n) is 4.69. The molecule has 1 aromatic rings. The van der Waals surface area contributed by atoms with E-state index in [2.05, 4.69) is 61.2 Å². The minimum atomic E-state index is -1.62. The maximum Gasteiger partial charge on any atom is 0.191 e. The van der Waals surface area contributed by atoms with Gasteiger partial charge in [-0.2, -0.15) is 0 Å². The van der Waals surface area contributed by atoms with Gasteiger partial charge in [-0.15, -0.1) is 0 Å². The molecule has 5 heteroatoms. The molecular weight excluding hydrogens is 358 g/mol. The van der Waals surface area contributed by atoms with Crippen molar-refractivity contribution in [3.05, 3.63) is 22.7 Å². The van der Waals surface area contributed by atoms with E-state index >= 15 is 0 Å². The molecule has 1 unspecified atom stereocenters. The normalized spacial score (nSPS) is 18.4. The second kappa shape index (κ2) is 6.93. The first kappa shape index (κ1) is 17.8. The molecule has 1 aliphatic rings. The van der Waals surface area contributed by atoms with Crippen LogP contribution in [0, 0.1) is 0 Å². The fourth-order valence-electron chi connectivity index (χ4n) is 2.20. The Labute approximate surface area is 144 Å². The molecule has 0 amide bonds. The van der Waals surface area contributed by atoms with Crippen LogP contribution in [-0.2, 0) is 4.43 Å². The van der Waals surface area contributed by atoms with Crippen LogP contribution in [0.15, 0.2) is 22.7 Å². The van der Waals surface area contributed by atoms with Crippen molar-refractivity contribution in [2.45, 2.75) is 57.8 Å². The molecule has 0 fully saturated rings. The van der Waals surface area contributed by atoms with Gasteiger partial charge in [0.25, 0.3) is 0 Å². The first-order valence-electron chi connectivity index (χ1n) is 8.03. The van der Waals surface area contributed by atoms with E-state index in [9.17, 15) is 0 Å². The molecule has 124 valence electrons. The summed E-state index contributed by atoms with van der Waals surface area (Å²) < 4.78 is 13.4. The van der Waals surface area contributed by atoms with Crippen molar-refractivity contribution < 1.29 is 9.16 Å². The Morgan fingerprint density at radius 2 is 2.09 bits per heavy atom. The molecule has 0 saturated carbocycles. The van der Waals surface area contributed by atoms with Gasteiger partial charge in [0.05, 0.1) is 12.2 Å². The van der Waals surface area contributed by atoms with Crippen LogP contribution in [0.25, 0.3) is 0 Å². The number of ether oxygens (including phenoxy) is 1. The van der Waals surface area contributed by atoms with Crippen LogP contribution in [0.3, 0.4) is 0 Å². The number of hydrogen-bond acceptors (Lipinski definition) is 3.